The summed E-state index contributed by atoms with van der Waals surface area (Å²) in [5, 5.41) is 0. The third kappa shape index (κ3) is 2.02. The fourth-order valence-corrected chi connectivity index (χ4v) is 3.33. The second kappa shape index (κ2) is 4.89. The lowest BCUT2D eigenvalue weighted by molar-refractivity contribution is 0.355. The number of hydrogen-bond acceptors (Lipinski definition) is 3. The number of rotatable bonds is 3. The van der Waals surface area contributed by atoms with Crippen molar-refractivity contribution in [3.05, 3.63) is 16.9 Å². The third-order valence-corrected chi connectivity index (χ3v) is 4.21. The molecule has 1 aliphatic rings. The molecule has 0 bridgehead atoms. The first kappa shape index (κ1) is 12.5. The molecule has 3 rings (SSSR count). The Morgan fingerprint density at radius 2 is 1.79 bits per heavy atom. The highest BCUT2D eigenvalue weighted by molar-refractivity contribution is 7.71. The maximum atomic E-state index is 5.47. The van der Waals surface area contributed by atoms with Crippen LogP contribution in [-0.4, -0.2) is 23.8 Å². The molecule has 102 valence electrons. The summed E-state index contributed by atoms with van der Waals surface area (Å²) in [6.07, 6.45) is 4.98. The molecule has 1 aromatic heterocycles. The highest BCUT2D eigenvalue weighted by Crippen LogP contribution is 2.36. The number of fused-ring (bicyclic) bond motifs is 1. The van der Waals surface area contributed by atoms with Crippen LogP contribution in [0.15, 0.2) is 12.1 Å². The first-order chi connectivity index (χ1) is 9.24. The smallest absolute Gasteiger partial charge is 0.178 e. The van der Waals surface area contributed by atoms with E-state index >= 15 is 0 Å². The molecule has 2 aromatic rings. The quantitative estimate of drug-likeness (QED) is 0.867. The molecule has 1 heterocycles. The van der Waals surface area contributed by atoms with Crippen LogP contribution in [0.1, 0.15) is 31.7 Å². The van der Waals surface area contributed by atoms with Gasteiger partial charge in [0.2, 0.25) is 0 Å². The van der Waals surface area contributed by atoms with E-state index in [1.54, 1.807) is 14.2 Å². The van der Waals surface area contributed by atoms with Crippen molar-refractivity contribution in [3.63, 3.8) is 0 Å². The van der Waals surface area contributed by atoms with E-state index in [2.05, 4.69) is 9.55 Å². The Hall–Kier alpha value is -1.49. The molecule has 4 nitrogen and oxygen atoms in total. The van der Waals surface area contributed by atoms with Crippen molar-refractivity contribution in [3.8, 4) is 11.5 Å². The van der Waals surface area contributed by atoms with E-state index < -0.39 is 0 Å². The van der Waals surface area contributed by atoms with Crippen LogP contribution in [0.4, 0.5) is 0 Å². The lowest BCUT2D eigenvalue weighted by Gasteiger charge is -2.13. The second-order valence-corrected chi connectivity index (χ2v) is 5.35. The molecule has 19 heavy (non-hydrogen) atoms. The number of benzene rings is 1. The molecule has 1 fully saturated rings. The van der Waals surface area contributed by atoms with Gasteiger partial charge in [-0.3, -0.25) is 0 Å². The van der Waals surface area contributed by atoms with Crippen molar-refractivity contribution in [2.45, 2.75) is 31.7 Å². The van der Waals surface area contributed by atoms with E-state index in [0.717, 1.165) is 27.3 Å². The number of nitrogens with one attached hydrogen (secondary N) is 1. The summed E-state index contributed by atoms with van der Waals surface area (Å²) in [5.74, 6) is 1.47. The Balaban J connectivity index is 2.21. The summed E-state index contributed by atoms with van der Waals surface area (Å²) < 4.78 is 13.7. The van der Waals surface area contributed by atoms with Gasteiger partial charge in [0, 0.05) is 18.2 Å². The van der Waals surface area contributed by atoms with Crippen LogP contribution < -0.4 is 9.47 Å². The number of ether oxygens (including phenoxy) is 2. The zero-order valence-corrected chi connectivity index (χ0v) is 12.0. The molecule has 0 unspecified atom stereocenters. The summed E-state index contributed by atoms with van der Waals surface area (Å²) in [4.78, 5) is 3.27. The zero-order chi connectivity index (χ0) is 13.4. The van der Waals surface area contributed by atoms with Crippen LogP contribution in [-0.2, 0) is 0 Å². The summed E-state index contributed by atoms with van der Waals surface area (Å²) >= 11 is 5.47. The summed E-state index contributed by atoms with van der Waals surface area (Å²) in [5.41, 5.74) is 2.11. The van der Waals surface area contributed by atoms with Gasteiger partial charge in [0.1, 0.15) is 0 Å². The van der Waals surface area contributed by atoms with Gasteiger partial charge in [-0.15, -0.1) is 0 Å². The van der Waals surface area contributed by atoms with Crippen molar-refractivity contribution in [1.82, 2.24) is 9.55 Å². The molecule has 1 N–H and O–H groups in total. The van der Waals surface area contributed by atoms with E-state index in [1.165, 1.54) is 25.7 Å². The highest BCUT2D eigenvalue weighted by Gasteiger charge is 2.21. The molecular formula is C14H18N2O2S. The maximum Gasteiger partial charge on any atom is 0.178 e. The number of methoxy groups -OCH3 is 2. The molecule has 5 heteroatoms. The lowest BCUT2D eigenvalue weighted by atomic mass is 10.2. The lowest BCUT2D eigenvalue weighted by Crippen LogP contribution is -2.04. The van der Waals surface area contributed by atoms with Gasteiger partial charge in [-0.25, -0.2) is 0 Å². The standard InChI is InChI=1S/C14H18N2O2S/c1-17-12-7-10-11(8-13(12)18-2)16(14(19)15-10)9-5-3-4-6-9/h7-9H,3-6H2,1-2H3,(H,15,19). The Morgan fingerprint density at radius 1 is 1.16 bits per heavy atom. The molecule has 0 saturated heterocycles. The predicted octanol–water partition coefficient (Wildman–Crippen LogP) is 3.83. The summed E-state index contributed by atoms with van der Waals surface area (Å²) in [7, 11) is 3.30. The molecule has 0 amide bonds. The molecule has 1 aromatic carbocycles. The molecule has 1 aliphatic carbocycles. The highest BCUT2D eigenvalue weighted by atomic mass is 32.1. The third-order valence-electron chi connectivity index (χ3n) is 3.91. The topological polar surface area (TPSA) is 39.2 Å². The van der Waals surface area contributed by atoms with Gasteiger partial charge >= 0.3 is 0 Å². The molecule has 0 spiro atoms. The zero-order valence-electron chi connectivity index (χ0n) is 11.2. The van der Waals surface area contributed by atoms with E-state index in [4.69, 9.17) is 21.7 Å². The normalized spacial score (nSPS) is 16.1. The van der Waals surface area contributed by atoms with Crippen molar-refractivity contribution in [2.75, 3.05) is 14.2 Å². The van der Waals surface area contributed by atoms with Crippen LogP contribution in [0.5, 0.6) is 11.5 Å². The van der Waals surface area contributed by atoms with E-state index in [0.29, 0.717) is 6.04 Å². The van der Waals surface area contributed by atoms with Crippen LogP contribution in [0.2, 0.25) is 0 Å². The number of aromatic amines is 1. The number of hydrogen-bond donors (Lipinski definition) is 1. The first-order valence-electron chi connectivity index (χ1n) is 6.61. The maximum absolute atomic E-state index is 5.47. The number of aromatic nitrogens is 2. The number of imidazole rings is 1. The Bertz CT molecular complexity index is 653. The minimum Gasteiger partial charge on any atom is -0.493 e. The van der Waals surface area contributed by atoms with Crippen molar-refractivity contribution < 1.29 is 9.47 Å². The number of nitrogens with zero attached hydrogens (tertiary/aromatic N) is 1. The largest absolute Gasteiger partial charge is 0.493 e. The Morgan fingerprint density at radius 3 is 2.42 bits per heavy atom. The fraction of sp³-hybridized carbons (Fsp3) is 0.500. The monoisotopic (exact) mass is 278 g/mol. The van der Waals surface area contributed by atoms with Gasteiger partial charge in [0.15, 0.2) is 16.3 Å². The van der Waals surface area contributed by atoms with Crippen LogP contribution in [0.25, 0.3) is 11.0 Å². The molecule has 1 saturated carbocycles. The molecule has 0 aliphatic heterocycles. The van der Waals surface area contributed by atoms with Gasteiger partial charge in [0.05, 0.1) is 25.3 Å². The van der Waals surface area contributed by atoms with Crippen LogP contribution in [0.3, 0.4) is 0 Å². The average molecular weight is 278 g/mol. The molecular weight excluding hydrogens is 260 g/mol. The molecule has 0 atom stereocenters. The van der Waals surface area contributed by atoms with Crippen molar-refractivity contribution >= 4 is 23.3 Å². The average Bonchev–Trinajstić information content (AvgIpc) is 3.02. The minimum absolute atomic E-state index is 0.513. The predicted molar refractivity (Wildman–Crippen MR) is 77.7 cm³/mol. The van der Waals surface area contributed by atoms with Crippen LogP contribution in [0, 0.1) is 4.77 Å². The first-order valence-corrected chi connectivity index (χ1v) is 7.01. The summed E-state index contributed by atoms with van der Waals surface area (Å²) in [6, 6.07) is 4.48. The van der Waals surface area contributed by atoms with Gasteiger partial charge in [-0.1, -0.05) is 12.8 Å². The van der Waals surface area contributed by atoms with Crippen LogP contribution >= 0.6 is 12.2 Å². The van der Waals surface area contributed by atoms with E-state index in [9.17, 15) is 0 Å². The fourth-order valence-electron chi connectivity index (χ4n) is 2.98. The Labute approximate surface area is 117 Å². The van der Waals surface area contributed by atoms with Gasteiger partial charge in [-0.2, -0.15) is 0 Å². The number of H-pyrrole nitrogens is 1. The SMILES string of the molecule is COc1cc2[nH]c(=S)n(C3CCCC3)c2cc1OC. The van der Waals surface area contributed by atoms with E-state index in [-0.39, 0.29) is 0 Å². The van der Waals surface area contributed by atoms with Gasteiger partial charge < -0.3 is 19.0 Å². The van der Waals surface area contributed by atoms with Gasteiger partial charge in [0.25, 0.3) is 0 Å². The summed E-state index contributed by atoms with van der Waals surface area (Å²) in [6.45, 7) is 0. The van der Waals surface area contributed by atoms with Crippen molar-refractivity contribution in [2.24, 2.45) is 0 Å². The van der Waals surface area contributed by atoms with Crippen molar-refractivity contribution in [1.29, 1.82) is 0 Å². The minimum atomic E-state index is 0.513. The second-order valence-electron chi connectivity index (χ2n) is 4.96. The molecule has 0 radical (unpaired) electrons. The Kier molecular flexibility index (Phi) is 3.22. The van der Waals surface area contributed by atoms with Gasteiger partial charge in [-0.05, 0) is 25.1 Å². The van der Waals surface area contributed by atoms with E-state index in [1.807, 2.05) is 12.1 Å².